The van der Waals surface area contributed by atoms with Gasteiger partial charge in [0, 0.05) is 0 Å². The van der Waals surface area contributed by atoms with E-state index in [9.17, 15) is 4.57 Å². The molecular weight excluding hydrogens is 459 g/mol. The minimum atomic E-state index is -4.41. The van der Waals surface area contributed by atoms with Crippen molar-refractivity contribution in [2.45, 2.75) is 111 Å². The Morgan fingerprint density at radius 1 is 1.03 bits per heavy atom. The van der Waals surface area contributed by atoms with Gasteiger partial charge in [0.25, 0.3) is 0 Å². The summed E-state index contributed by atoms with van der Waals surface area (Å²) in [6.07, 6.45) is 16.9. The van der Waals surface area contributed by atoms with Crippen molar-refractivity contribution in [3.8, 4) is 0 Å². The quantitative estimate of drug-likeness (QED) is 0.181. The maximum atomic E-state index is 10.9. The zero-order valence-electron chi connectivity index (χ0n) is 22.9. The van der Waals surface area contributed by atoms with Crippen molar-refractivity contribution >= 4 is 7.82 Å². The minimum absolute atomic E-state index is 0.0564. The third kappa shape index (κ3) is 5.95. The molecule has 5 nitrogen and oxygen atoms in total. The molecule has 3 saturated carbocycles. The van der Waals surface area contributed by atoms with Crippen molar-refractivity contribution in [3.05, 3.63) is 11.6 Å². The molecule has 8 atom stereocenters. The Morgan fingerprint density at radius 2 is 1.80 bits per heavy atom. The van der Waals surface area contributed by atoms with E-state index in [1.165, 1.54) is 57.8 Å². The lowest BCUT2D eigenvalue weighted by atomic mass is 9.47. The first-order chi connectivity index (χ1) is 16.4. The van der Waals surface area contributed by atoms with Crippen LogP contribution in [0.4, 0.5) is 0 Å². The van der Waals surface area contributed by atoms with Crippen molar-refractivity contribution in [1.82, 2.24) is 0 Å². The van der Waals surface area contributed by atoms with Crippen LogP contribution < -0.4 is 0 Å². The fourth-order valence-electron chi connectivity index (χ4n) is 9.17. The highest BCUT2D eigenvalue weighted by Crippen LogP contribution is 2.67. The Bertz CT molecular complexity index is 805. The molecule has 0 aliphatic heterocycles. The lowest BCUT2D eigenvalue weighted by Crippen LogP contribution is -2.51. The zero-order chi connectivity index (χ0) is 25.4. The molecule has 0 heterocycles. The molecule has 35 heavy (non-hydrogen) atoms. The number of phosphoric acid groups is 1. The lowest BCUT2D eigenvalue weighted by molar-refractivity contribution is -0.0656. The Balaban J connectivity index is 1.37. The molecule has 0 unspecified atom stereocenters. The molecule has 4 aliphatic rings. The third-order valence-electron chi connectivity index (χ3n) is 11.0. The van der Waals surface area contributed by atoms with Gasteiger partial charge in [-0.25, -0.2) is 4.57 Å². The van der Waals surface area contributed by atoms with Crippen LogP contribution in [0.3, 0.4) is 0 Å². The molecule has 0 saturated heterocycles. The van der Waals surface area contributed by atoms with Gasteiger partial charge in [-0.1, -0.05) is 65.5 Å². The molecule has 202 valence electrons. The van der Waals surface area contributed by atoms with Crippen LogP contribution in [0.1, 0.15) is 105 Å². The predicted octanol–water partition coefficient (Wildman–Crippen LogP) is 7.52. The van der Waals surface area contributed by atoms with Gasteiger partial charge >= 0.3 is 7.82 Å². The Kier molecular flexibility index (Phi) is 8.66. The Morgan fingerprint density at radius 3 is 2.51 bits per heavy atom. The second-order valence-corrected chi connectivity index (χ2v) is 14.6. The summed E-state index contributed by atoms with van der Waals surface area (Å²) in [6, 6.07) is 0. The molecule has 0 amide bonds. The Hall–Kier alpha value is -0.190. The second kappa shape index (κ2) is 10.9. The van der Waals surface area contributed by atoms with Gasteiger partial charge in [-0.05, 0) is 97.7 Å². The number of ether oxygens (including phenoxy) is 1. The summed E-state index contributed by atoms with van der Waals surface area (Å²) in [7, 11) is -4.41. The first kappa shape index (κ1) is 27.8. The molecule has 0 aromatic heterocycles. The van der Waals surface area contributed by atoms with Crippen LogP contribution in [0.2, 0.25) is 0 Å². The average molecular weight is 511 g/mol. The van der Waals surface area contributed by atoms with Gasteiger partial charge in [-0.3, -0.25) is 4.52 Å². The monoisotopic (exact) mass is 510 g/mol. The minimum Gasteiger partial charge on any atom is -0.375 e. The molecule has 0 spiro atoms. The van der Waals surface area contributed by atoms with Gasteiger partial charge in [0.05, 0.1) is 19.3 Å². The number of fused-ring (bicyclic) bond motifs is 5. The average Bonchev–Trinajstić information content (AvgIpc) is 3.13. The van der Waals surface area contributed by atoms with Crippen molar-refractivity contribution in [3.63, 3.8) is 0 Å². The van der Waals surface area contributed by atoms with E-state index in [4.69, 9.17) is 14.5 Å². The molecule has 0 radical (unpaired) electrons. The number of hydrogen-bond acceptors (Lipinski definition) is 3. The first-order valence-corrected chi connectivity index (χ1v) is 16.0. The highest BCUT2D eigenvalue weighted by molar-refractivity contribution is 7.46. The van der Waals surface area contributed by atoms with Gasteiger partial charge in [-0.15, -0.1) is 0 Å². The van der Waals surface area contributed by atoms with Crippen LogP contribution in [0.15, 0.2) is 11.6 Å². The van der Waals surface area contributed by atoms with Crippen LogP contribution in [0.5, 0.6) is 0 Å². The van der Waals surface area contributed by atoms with Crippen LogP contribution in [0, 0.1) is 46.3 Å². The maximum absolute atomic E-state index is 10.9. The maximum Gasteiger partial charge on any atom is 0.469 e. The van der Waals surface area contributed by atoms with Crippen molar-refractivity contribution < 1.29 is 23.6 Å². The summed E-state index contributed by atoms with van der Waals surface area (Å²) in [5, 5.41) is 0. The van der Waals surface area contributed by atoms with E-state index in [0.717, 1.165) is 48.3 Å². The van der Waals surface area contributed by atoms with Gasteiger partial charge < -0.3 is 14.5 Å². The summed E-state index contributed by atoms with van der Waals surface area (Å²) in [5.41, 5.74) is 2.42. The molecule has 4 rings (SSSR count). The summed E-state index contributed by atoms with van der Waals surface area (Å²) >= 11 is 0. The molecule has 4 aliphatic carbocycles. The third-order valence-corrected chi connectivity index (χ3v) is 11.5. The fraction of sp³-hybridized carbons (Fsp3) is 0.931. The van der Waals surface area contributed by atoms with Crippen LogP contribution in [-0.4, -0.2) is 29.1 Å². The molecule has 6 heteroatoms. The number of hydrogen-bond donors (Lipinski definition) is 2. The van der Waals surface area contributed by atoms with Gasteiger partial charge in [0.15, 0.2) is 0 Å². The normalized spacial score (nSPS) is 40.1. The van der Waals surface area contributed by atoms with E-state index >= 15 is 0 Å². The highest BCUT2D eigenvalue weighted by atomic mass is 31.2. The fourth-order valence-corrected chi connectivity index (χ4v) is 9.48. The number of phosphoric ester groups is 1. The second-order valence-electron chi connectivity index (χ2n) is 13.3. The Labute approximate surface area is 214 Å². The molecule has 0 aromatic rings. The lowest BCUT2D eigenvalue weighted by Gasteiger charge is -2.58. The molecule has 3 fully saturated rings. The largest absolute Gasteiger partial charge is 0.469 e. The van der Waals surface area contributed by atoms with E-state index in [-0.39, 0.29) is 19.3 Å². The summed E-state index contributed by atoms with van der Waals surface area (Å²) in [5.74, 6) is 5.10. The smallest absolute Gasteiger partial charge is 0.375 e. The number of allylic oxidation sites excluding steroid dienone is 1. The van der Waals surface area contributed by atoms with E-state index in [1.54, 1.807) is 5.57 Å². The molecular formula is C29H51O5P. The van der Waals surface area contributed by atoms with Gasteiger partial charge in [-0.2, -0.15) is 0 Å². The van der Waals surface area contributed by atoms with Crippen molar-refractivity contribution in [2.75, 3.05) is 13.2 Å². The van der Waals surface area contributed by atoms with E-state index in [0.29, 0.717) is 10.8 Å². The van der Waals surface area contributed by atoms with E-state index in [2.05, 4.69) is 45.2 Å². The van der Waals surface area contributed by atoms with Crippen molar-refractivity contribution in [1.29, 1.82) is 0 Å². The van der Waals surface area contributed by atoms with Crippen molar-refractivity contribution in [2.24, 2.45) is 46.3 Å². The van der Waals surface area contributed by atoms with E-state index in [1.807, 2.05) is 0 Å². The molecule has 0 aromatic carbocycles. The van der Waals surface area contributed by atoms with E-state index < -0.39 is 7.82 Å². The summed E-state index contributed by atoms with van der Waals surface area (Å²) < 4.78 is 21.4. The first-order valence-electron chi connectivity index (χ1n) is 14.4. The summed E-state index contributed by atoms with van der Waals surface area (Å²) in [6.45, 7) is 12.6. The number of rotatable bonds is 10. The SMILES string of the molecule is CC(C)CCC[C@@H](C)[C@H]1CC[C@H]2[C@@H]3CC=C4C[C@@H](OCCOP(=O)(O)O)CC[C@]4(C)[C@H]3CC[C@]12C. The standard InChI is InChI=1S/C29H51O5P/c1-20(2)7-6-8-21(3)25-11-12-26-24-10-9-22-19-23(33-17-18-34-35(30,31)32)13-15-28(22,4)27(24)14-16-29(25,26)5/h9,20-21,23-27H,6-8,10-19H2,1-5H3,(H2,30,31,32)/t21-,23+,24+,25-,26+,27+,28+,29-/m1/s1. The zero-order valence-corrected chi connectivity index (χ0v) is 23.8. The topological polar surface area (TPSA) is 76.0 Å². The van der Waals surface area contributed by atoms with Crippen LogP contribution >= 0.6 is 7.82 Å². The van der Waals surface area contributed by atoms with Gasteiger partial charge in [0.1, 0.15) is 0 Å². The molecule has 2 N–H and O–H groups in total. The predicted molar refractivity (Wildman–Crippen MR) is 141 cm³/mol. The van der Waals surface area contributed by atoms with Crippen LogP contribution in [-0.2, 0) is 13.8 Å². The summed E-state index contributed by atoms with van der Waals surface area (Å²) in [4.78, 5) is 17.7. The van der Waals surface area contributed by atoms with Crippen LogP contribution in [0.25, 0.3) is 0 Å². The highest BCUT2D eigenvalue weighted by Gasteiger charge is 2.59. The van der Waals surface area contributed by atoms with Gasteiger partial charge in [0.2, 0.25) is 0 Å². The molecule has 0 bridgehead atoms.